The second kappa shape index (κ2) is 7.37. The zero-order chi connectivity index (χ0) is 15.7. The van der Waals surface area contributed by atoms with E-state index in [1.165, 1.54) is 20.0 Å². The third-order valence-electron chi connectivity index (χ3n) is 3.13. The smallest absolute Gasteiger partial charge is 0.275 e. The minimum absolute atomic E-state index is 0. The average Bonchev–Trinajstić information content (AvgIpc) is 2.39. The summed E-state index contributed by atoms with van der Waals surface area (Å²) in [6.45, 7) is 3.24. The largest absolute Gasteiger partial charge is 0.329 e. The Balaban J connectivity index is 0.00000400. The van der Waals surface area contributed by atoms with E-state index in [1.54, 1.807) is 6.92 Å². The molecule has 2 N–H and O–H groups in total. The zero-order valence-corrected chi connectivity index (χ0v) is 14.1. The molecule has 0 radical (unpaired) electrons. The molecule has 1 unspecified atom stereocenters. The normalized spacial score (nSPS) is 12.9. The maximum Gasteiger partial charge on any atom is 0.275 e. The molecule has 21 heavy (non-hydrogen) atoms. The van der Waals surface area contributed by atoms with E-state index >= 15 is 0 Å². The fraction of sp³-hybridized carbons (Fsp3) is 0.455. The molecule has 0 spiro atoms. The number of halogens is 2. The lowest BCUT2D eigenvalue weighted by Gasteiger charge is -2.23. The van der Waals surface area contributed by atoms with Crippen LogP contribution in [0.4, 0.5) is 5.69 Å². The van der Waals surface area contributed by atoms with Gasteiger partial charge >= 0.3 is 0 Å². The van der Waals surface area contributed by atoms with Crippen LogP contribution in [0.1, 0.15) is 12.5 Å². The van der Waals surface area contributed by atoms with Crippen molar-refractivity contribution in [2.24, 2.45) is 5.73 Å². The minimum Gasteiger partial charge on any atom is -0.329 e. The van der Waals surface area contributed by atoms with E-state index in [0.29, 0.717) is 0 Å². The van der Waals surface area contributed by atoms with Gasteiger partial charge in [0, 0.05) is 31.3 Å². The van der Waals surface area contributed by atoms with Crippen molar-refractivity contribution in [2.45, 2.75) is 24.8 Å². The number of benzene rings is 1. The average molecular weight is 358 g/mol. The van der Waals surface area contributed by atoms with Gasteiger partial charge in [0.25, 0.3) is 5.69 Å². The maximum atomic E-state index is 12.4. The predicted molar refractivity (Wildman–Crippen MR) is 83.6 cm³/mol. The zero-order valence-electron chi connectivity index (χ0n) is 11.7. The lowest BCUT2D eigenvalue weighted by Crippen LogP contribution is -2.39. The summed E-state index contributed by atoms with van der Waals surface area (Å²) < 4.78 is 25.8. The van der Waals surface area contributed by atoms with Crippen LogP contribution in [0.25, 0.3) is 0 Å². The molecule has 7 nitrogen and oxygen atoms in total. The van der Waals surface area contributed by atoms with E-state index in [9.17, 15) is 18.5 Å². The molecular formula is C11H17Cl2N3O4S. The lowest BCUT2D eigenvalue weighted by atomic mass is 10.2. The standard InChI is InChI=1S/C11H16ClN3O4S.ClH/c1-7(6-13)14(3)20(18,19)9-4-10(12)8(2)11(5-9)15(16)17;/h4-5,7H,6,13H2,1-3H3;1H. The summed E-state index contributed by atoms with van der Waals surface area (Å²) in [7, 11) is -2.51. The van der Waals surface area contributed by atoms with Crippen molar-refractivity contribution in [3.05, 3.63) is 32.8 Å². The van der Waals surface area contributed by atoms with Crippen LogP contribution in [0.5, 0.6) is 0 Å². The minimum atomic E-state index is -3.88. The number of nitro groups is 1. The molecule has 0 bridgehead atoms. The fourth-order valence-corrected chi connectivity index (χ4v) is 3.23. The third-order valence-corrected chi connectivity index (χ3v) is 5.47. The molecule has 120 valence electrons. The van der Waals surface area contributed by atoms with Crippen molar-refractivity contribution >= 4 is 39.7 Å². The predicted octanol–water partition coefficient (Wildman–Crippen LogP) is 1.95. The number of nitro benzene ring substituents is 1. The third kappa shape index (κ3) is 4.04. The molecule has 10 heteroatoms. The molecule has 0 saturated heterocycles. The first-order valence-electron chi connectivity index (χ1n) is 5.75. The van der Waals surface area contributed by atoms with Crippen molar-refractivity contribution in [1.82, 2.24) is 4.31 Å². The molecule has 0 aliphatic heterocycles. The van der Waals surface area contributed by atoms with Gasteiger partial charge in [-0.05, 0) is 19.9 Å². The number of rotatable bonds is 5. The quantitative estimate of drug-likeness (QED) is 0.639. The van der Waals surface area contributed by atoms with Gasteiger partial charge in [0.1, 0.15) is 0 Å². The summed E-state index contributed by atoms with van der Waals surface area (Å²) >= 11 is 5.88. The monoisotopic (exact) mass is 357 g/mol. The Bertz CT molecular complexity index is 637. The van der Waals surface area contributed by atoms with Crippen LogP contribution < -0.4 is 5.73 Å². The SMILES string of the molecule is Cc1c(Cl)cc(S(=O)(=O)N(C)C(C)CN)cc1[N+](=O)[O-].Cl. The highest BCUT2D eigenvalue weighted by molar-refractivity contribution is 7.89. The van der Waals surface area contributed by atoms with Gasteiger partial charge in [-0.2, -0.15) is 4.31 Å². The molecule has 0 heterocycles. The van der Waals surface area contributed by atoms with Gasteiger partial charge in [0.15, 0.2) is 0 Å². The summed E-state index contributed by atoms with van der Waals surface area (Å²) in [4.78, 5) is 10.1. The summed E-state index contributed by atoms with van der Waals surface area (Å²) in [6, 6.07) is 1.79. The van der Waals surface area contributed by atoms with E-state index in [2.05, 4.69) is 0 Å². The van der Waals surface area contributed by atoms with Crippen LogP contribution in [0.2, 0.25) is 5.02 Å². The van der Waals surface area contributed by atoms with Gasteiger partial charge in [0.05, 0.1) is 14.8 Å². The van der Waals surface area contributed by atoms with Crippen LogP contribution in [0, 0.1) is 17.0 Å². The second-order valence-electron chi connectivity index (χ2n) is 4.41. The Labute approximate surface area is 134 Å². The first-order chi connectivity index (χ1) is 9.12. The molecule has 1 rings (SSSR count). The summed E-state index contributed by atoms with van der Waals surface area (Å²) in [6.07, 6.45) is 0. The van der Waals surface area contributed by atoms with Gasteiger partial charge < -0.3 is 5.73 Å². The molecular weight excluding hydrogens is 341 g/mol. The number of hydrogen-bond acceptors (Lipinski definition) is 5. The van der Waals surface area contributed by atoms with Crippen LogP contribution in [-0.4, -0.2) is 37.3 Å². The number of likely N-dealkylation sites (N-methyl/N-ethyl adjacent to an activating group) is 1. The van der Waals surface area contributed by atoms with E-state index in [4.69, 9.17) is 17.3 Å². The molecule has 1 atom stereocenters. The fourth-order valence-electron chi connectivity index (χ4n) is 1.53. The van der Waals surface area contributed by atoms with Gasteiger partial charge in [-0.25, -0.2) is 8.42 Å². The van der Waals surface area contributed by atoms with Gasteiger partial charge in [-0.15, -0.1) is 12.4 Å². The van der Waals surface area contributed by atoms with Crippen molar-refractivity contribution < 1.29 is 13.3 Å². The molecule has 0 fully saturated rings. The van der Waals surface area contributed by atoms with E-state index in [1.807, 2.05) is 0 Å². The highest BCUT2D eigenvalue weighted by Crippen LogP contribution is 2.30. The van der Waals surface area contributed by atoms with Gasteiger partial charge in [-0.3, -0.25) is 10.1 Å². The number of nitrogens with zero attached hydrogens (tertiary/aromatic N) is 2. The molecule has 1 aromatic carbocycles. The van der Waals surface area contributed by atoms with Crippen LogP contribution in [0.3, 0.4) is 0 Å². The second-order valence-corrected chi connectivity index (χ2v) is 6.82. The Morgan fingerprint density at radius 3 is 2.43 bits per heavy atom. The molecule has 0 saturated carbocycles. The lowest BCUT2D eigenvalue weighted by molar-refractivity contribution is -0.385. The van der Waals surface area contributed by atoms with Crippen molar-refractivity contribution in [1.29, 1.82) is 0 Å². The number of nitrogens with two attached hydrogens (primary N) is 1. The maximum absolute atomic E-state index is 12.4. The Morgan fingerprint density at radius 2 is 2.00 bits per heavy atom. The first kappa shape index (κ1) is 20.1. The Kier molecular flexibility index (Phi) is 7.04. The summed E-state index contributed by atoms with van der Waals surface area (Å²) in [5, 5.41) is 11.0. The summed E-state index contributed by atoms with van der Waals surface area (Å²) in [5.41, 5.74) is 5.34. The molecule has 0 aromatic heterocycles. The van der Waals surface area contributed by atoms with Crippen molar-refractivity contribution in [3.8, 4) is 0 Å². The Hall–Kier alpha value is -0.930. The molecule has 0 aliphatic rings. The van der Waals surface area contributed by atoms with E-state index in [0.717, 1.165) is 10.4 Å². The number of sulfonamides is 1. The molecule has 0 aliphatic carbocycles. The highest BCUT2D eigenvalue weighted by atomic mass is 35.5. The van der Waals surface area contributed by atoms with E-state index < -0.39 is 21.0 Å². The van der Waals surface area contributed by atoms with Gasteiger partial charge in [-0.1, -0.05) is 11.6 Å². The Morgan fingerprint density at radius 1 is 1.48 bits per heavy atom. The first-order valence-corrected chi connectivity index (χ1v) is 7.57. The summed E-state index contributed by atoms with van der Waals surface area (Å²) in [5.74, 6) is 0. The molecule has 0 amide bonds. The van der Waals surface area contributed by atoms with E-state index in [-0.39, 0.29) is 40.1 Å². The number of hydrogen-bond donors (Lipinski definition) is 1. The van der Waals surface area contributed by atoms with Crippen molar-refractivity contribution in [3.63, 3.8) is 0 Å². The van der Waals surface area contributed by atoms with Gasteiger partial charge in [0.2, 0.25) is 10.0 Å². The van der Waals surface area contributed by atoms with Crippen LogP contribution >= 0.6 is 24.0 Å². The van der Waals surface area contributed by atoms with Crippen LogP contribution in [-0.2, 0) is 10.0 Å². The van der Waals surface area contributed by atoms with Crippen molar-refractivity contribution in [2.75, 3.05) is 13.6 Å². The van der Waals surface area contributed by atoms with Crippen LogP contribution in [0.15, 0.2) is 17.0 Å². The highest BCUT2D eigenvalue weighted by Gasteiger charge is 2.28. The molecule has 1 aromatic rings. The topological polar surface area (TPSA) is 107 Å².